The first-order chi connectivity index (χ1) is 12.7. The van der Waals surface area contributed by atoms with Crippen molar-refractivity contribution >= 4 is 28.8 Å². The molecule has 0 N–H and O–H groups in total. The molecule has 0 spiro atoms. The van der Waals surface area contributed by atoms with Crippen LogP contribution in [-0.4, -0.2) is 6.61 Å². The van der Waals surface area contributed by atoms with Crippen LogP contribution in [0.3, 0.4) is 0 Å². The average Bonchev–Trinajstić information content (AvgIpc) is 2.65. The van der Waals surface area contributed by atoms with E-state index in [1.165, 1.54) is 37.9 Å². The molecule has 2 heterocycles. The first kappa shape index (κ1) is 15.8. The number of nitrogens with zero attached hydrogens (tertiary/aromatic N) is 1. The van der Waals surface area contributed by atoms with Crippen molar-refractivity contribution < 1.29 is 4.74 Å². The van der Waals surface area contributed by atoms with E-state index >= 15 is 0 Å². The highest BCUT2D eigenvalue weighted by Gasteiger charge is 2.28. The lowest BCUT2D eigenvalue weighted by Gasteiger charge is -2.35. The maximum Gasteiger partial charge on any atom is 0.146 e. The standard InChI is InChI=1S/C23H21NOS/c1-15-8-10-18-21(13-15)26-22-14-16(2)9-11-19(22)24(18)20-7-3-5-17-6-4-12-25-23(17)20/h3,5,7-11,13-14H,4,6,12H2,1-2H3. The van der Waals surface area contributed by atoms with Gasteiger partial charge in [-0.3, -0.25) is 0 Å². The van der Waals surface area contributed by atoms with Crippen molar-refractivity contribution in [3.05, 3.63) is 71.3 Å². The first-order valence-electron chi connectivity index (χ1n) is 9.15. The Morgan fingerprint density at radius 1 is 0.846 bits per heavy atom. The second-order valence-electron chi connectivity index (χ2n) is 7.10. The predicted octanol–water partition coefficient (Wildman–Crippen LogP) is 6.56. The van der Waals surface area contributed by atoms with Crippen LogP contribution < -0.4 is 9.64 Å². The fraction of sp³-hybridized carbons (Fsp3) is 0.217. The summed E-state index contributed by atoms with van der Waals surface area (Å²) in [7, 11) is 0. The van der Waals surface area contributed by atoms with Gasteiger partial charge in [0.1, 0.15) is 5.75 Å². The monoisotopic (exact) mass is 359 g/mol. The Labute approximate surface area is 158 Å². The number of hydrogen-bond donors (Lipinski definition) is 0. The van der Waals surface area contributed by atoms with Crippen molar-refractivity contribution in [1.29, 1.82) is 0 Å². The van der Waals surface area contributed by atoms with Crippen LogP contribution in [0.2, 0.25) is 0 Å². The zero-order valence-corrected chi connectivity index (χ0v) is 15.9. The number of benzene rings is 3. The SMILES string of the molecule is Cc1ccc2c(c1)Sc1cc(C)ccc1N2c1cccc2c1OCCC2. The zero-order valence-electron chi connectivity index (χ0n) is 15.1. The Morgan fingerprint density at radius 2 is 1.54 bits per heavy atom. The Hall–Kier alpha value is -2.39. The smallest absolute Gasteiger partial charge is 0.146 e. The van der Waals surface area contributed by atoms with E-state index in [-0.39, 0.29) is 0 Å². The number of aryl methyl sites for hydroxylation is 3. The summed E-state index contributed by atoms with van der Waals surface area (Å²) in [5, 5.41) is 0. The molecule has 0 radical (unpaired) electrons. The van der Waals surface area contributed by atoms with Crippen LogP contribution in [0.5, 0.6) is 5.75 Å². The Kier molecular flexibility index (Phi) is 3.71. The molecule has 0 atom stereocenters. The van der Waals surface area contributed by atoms with Gasteiger partial charge in [-0.25, -0.2) is 0 Å². The van der Waals surface area contributed by atoms with Crippen molar-refractivity contribution in [2.24, 2.45) is 0 Å². The molecule has 5 rings (SSSR count). The highest BCUT2D eigenvalue weighted by Crippen LogP contribution is 2.54. The molecule has 2 nitrogen and oxygen atoms in total. The molecule has 0 aliphatic carbocycles. The number of rotatable bonds is 1. The fourth-order valence-corrected chi connectivity index (χ4v) is 5.09. The van der Waals surface area contributed by atoms with Crippen LogP contribution in [0.25, 0.3) is 0 Å². The predicted molar refractivity (Wildman–Crippen MR) is 109 cm³/mol. The molecule has 26 heavy (non-hydrogen) atoms. The number of anilines is 3. The minimum Gasteiger partial charge on any atom is -0.491 e. The summed E-state index contributed by atoms with van der Waals surface area (Å²) in [5.41, 5.74) is 7.52. The molecule has 0 unspecified atom stereocenters. The molecular weight excluding hydrogens is 338 g/mol. The normalized spacial score (nSPS) is 14.9. The highest BCUT2D eigenvalue weighted by atomic mass is 32.2. The van der Waals surface area contributed by atoms with E-state index in [0.717, 1.165) is 30.9 Å². The van der Waals surface area contributed by atoms with Gasteiger partial charge in [0.05, 0.1) is 23.7 Å². The second kappa shape index (κ2) is 6.10. The number of fused-ring (bicyclic) bond motifs is 3. The molecule has 3 aromatic rings. The second-order valence-corrected chi connectivity index (χ2v) is 8.18. The van der Waals surface area contributed by atoms with E-state index in [0.29, 0.717) is 0 Å². The Balaban J connectivity index is 1.77. The summed E-state index contributed by atoms with van der Waals surface area (Å²) < 4.78 is 6.14. The highest BCUT2D eigenvalue weighted by molar-refractivity contribution is 7.99. The molecule has 0 saturated heterocycles. The minimum absolute atomic E-state index is 0.800. The van der Waals surface area contributed by atoms with E-state index < -0.39 is 0 Å². The van der Waals surface area contributed by atoms with Crippen LogP contribution in [0.15, 0.2) is 64.4 Å². The summed E-state index contributed by atoms with van der Waals surface area (Å²) >= 11 is 1.86. The third kappa shape index (κ3) is 2.50. The molecule has 0 amide bonds. The quantitative estimate of drug-likeness (QED) is 0.382. The van der Waals surface area contributed by atoms with Crippen molar-refractivity contribution in [1.82, 2.24) is 0 Å². The minimum atomic E-state index is 0.800. The molecule has 3 heteroatoms. The Bertz CT molecular complexity index is 960. The molecular formula is C23H21NOS. The average molecular weight is 359 g/mol. The third-order valence-electron chi connectivity index (χ3n) is 5.09. The van der Waals surface area contributed by atoms with Gasteiger partial charge in [0, 0.05) is 9.79 Å². The van der Waals surface area contributed by atoms with E-state index in [1.54, 1.807) is 0 Å². The van der Waals surface area contributed by atoms with Crippen molar-refractivity contribution in [2.75, 3.05) is 11.5 Å². The van der Waals surface area contributed by atoms with Gasteiger partial charge in [-0.1, -0.05) is 36.0 Å². The van der Waals surface area contributed by atoms with Gasteiger partial charge in [-0.05, 0) is 73.7 Å². The summed E-state index contributed by atoms with van der Waals surface area (Å²) in [6.45, 7) is 5.11. The van der Waals surface area contributed by atoms with Gasteiger partial charge in [0.2, 0.25) is 0 Å². The lowest BCUT2D eigenvalue weighted by molar-refractivity contribution is 0.289. The van der Waals surface area contributed by atoms with Crippen LogP contribution in [0.4, 0.5) is 17.1 Å². The molecule has 0 fully saturated rings. The summed E-state index contributed by atoms with van der Waals surface area (Å²) in [6, 6.07) is 20.0. The van der Waals surface area contributed by atoms with Gasteiger partial charge in [0.15, 0.2) is 0 Å². The molecule has 0 saturated carbocycles. The van der Waals surface area contributed by atoms with Gasteiger partial charge < -0.3 is 9.64 Å². The molecule has 3 aromatic carbocycles. The topological polar surface area (TPSA) is 12.5 Å². The maximum absolute atomic E-state index is 6.14. The number of ether oxygens (including phenoxy) is 1. The molecule has 130 valence electrons. The lowest BCUT2D eigenvalue weighted by atomic mass is 10.0. The molecule has 0 bridgehead atoms. The molecule has 2 aliphatic heterocycles. The number of para-hydroxylation sites is 1. The van der Waals surface area contributed by atoms with Gasteiger partial charge in [-0.2, -0.15) is 0 Å². The lowest BCUT2D eigenvalue weighted by Crippen LogP contribution is -2.18. The van der Waals surface area contributed by atoms with Crippen LogP contribution in [0.1, 0.15) is 23.1 Å². The summed E-state index contributed by atoms with van der Waals surface area (Å²) in [4.78, 5) is 4.98. The van der Waals surface area contributed by atoms with Crippen LogP contribution in [-0.2, 0) is 6.42 Å². The van der Waals surface area contributed by atoms with Crippen LogP contribution in [0, 0.1) is 13.8 Å². The first-order valence-corrected chi connectivity index (χ1v) is 9.96. The summed E-state index contributed by atoms with van der Waals surface area (Å²) in [5.74, 6) is 1.05. The van der Waals surface area contributed by atoms with Crippen molar-refractivity contribution in [2.45, 2.75) is 36.5 Å². The fourth-order valence-electron chi connectivity index (χ4n) is 3.83. The largest absolute Gasteiger partial charge is 0.491 e. The number of hydrogen-bond acceptors (Lipinski definition) is 3. The van der Waals surface area contributed by atoms with Crippen LogP contribution >= 0.6 is 11.8 Å². The Morgan fingerprint density at radius 3 is 2.23 bits per heavy atom. The maximum atomic E-state index is 6.14. The molecule has 2 aliphatic rings. The van der Waals surface area contributed by atoms with E-state index in [4.69, 9.17) is 4.74 Å². The van der Waals surface area contributed by atoms with Gasteiger partial charge in [-0.15, -0.1) is 0 Å². The third-order valence-corrected chi connectivity index (χ3v) is 6.18. The zero-order chi connectivity index (χ0) is 17.7. The van der Waals surface area contributed by atoms with E-state index in [2.05, 4.69) is 73.3 Å². The van der Waals surface area contributed by atoms with Crippen molar-refractivity contribution in [3.63, 3.8) is 0 Å². The van der Waals surface area contributed by atoms with Gasteiger partial charge in [0.25, 0.3) is 0 Å². The van der Waals surface area contributed by atoms with Crippen molar-refractivity contribution in [3.8, 4) is 5.75 Å². The van der Waals surface area contributed by atoms with E-state index in [9.17, 15) is 0 Å². The van der Waals surface area contributed by atoms with E-state index in [1.807, 2.05) is 11.8 Å². The summed E-state index contributed by atoms with van der Waals surface area (Å²) in [6.07, 6.45) is 2.19. The van der Waals surface area contributed by atoms with Gasteiger partial charge >= 0.3 is 0 Å². The molecule has 0 aromatic heterocycles.